The molecule has 31 heavy (non-hydrogen) atoms. The third kappa shape index (κ3) is 7.90. The first-order valence-corrected chi connectivity index (χ1v) is 10.6. The average Bonchev–Trinajstić information content (AvgIpc) is 3.52. The predicted molar refractivity (Wildman–Crippen MR) is 113 cm³/mol. The van der Waals surface area contributed by atoms with Crippen molar-refractivity contribution in [1.82, 2.24) is 5.32 Å². The van der Waals surface area contributed by atoms with Gasteiger partial charge in [0.05, 0.1) is 23.8 Å². The number of amides is 1. The second-order valence-corrected chi connectivity index (χ2v) is 8.29. The first-order chi connectivity index (χ1) is 14.7. The summed E-state index contributed by atoms with van der Waals surface area (Å²) in [6.45, 7) is 0.860. The largest absolute Gasteiger partial charge is 0.393 e. The summed E-state index contributed by atoms with van der Waals surface area (Å²) in [6, 6.07) is 5.68. The van der Waals surface area contributed by atoms with Crippen LogP contribution >= 0.6 is 0 Å². The van der Waals surface area contributed by atoms with Crippen molar-refractivity contribution in [2.24, 2.45) is 22.4 Å². The first kappa shape index (κ1) is 23.1. The van der Waals surface area contributed by atoms with E-state index in [9.17, 15) is 18.0 Å². The Kier molecular flexibility index (Phi) is 7.59. The molecule has 0 spiro atoms. The van der Waals surface area contributed by atoms with E-state index in [0.29, 0.717) is 11.8 Å². The molecule has 0 aliphatic heterocycles. The normalized spacial score (nSPS) is 22.9. The highest BCUT2D eigenvalue weighted by atomic mass is 19.4. The molecule has 1 amide bonds. The van der Waals surface area contributed by atoms with Gasteiger partial charge in [-0.05, 0) is 62.1 Å². The summed E-state index contributed by atoms with van der Waals surface area (Å²) < 4.78 is 43.3. The molecule has 0 radical (unpaired) electrons. The fourth-order valence-corrected chi connectivity index (χ4v) is 3.54. The smallest absolute Gasteiger partial charge is 0.387 e. The number of nitrogens with zero attached hydrogens (tertiary/aromatic N) is 1. The molecule has 2 saturated carbocycles. The van der Waals surface area contributed by atoms with Gasteiger partial charge in [0.2, 0.25) is 0 Å². The Hall–Kier alpha value is -2.55. The number of nitrogens with one attached hydrogen (secondary N) is 1. The maximum absolute atomic E-state index is 12.5. The lowest BCUT2D eigenvalue weighted by Crippen LogP contribution is -2.35. The van der Waals surface area contributed by atoms with Crippen LogP contribution in [0, 0.1) is 5.92 Å². The predicted octanol–water partition coefficient (Wildman–Crippen LogP) is 3.48. The second kappa shape index (κ2) is 10.2. The van der Waals surface area contributed by atoms with Crippen LogP contribution in [0.2, 0.25) is 0 Å². The van der Waals surface area contributed by atoms with Crippen molar-refractivity contribution in [3.05, 3.63) is 41.6 Å². The van der Waals surface area contributed by atoms with Crippen LogP contribution in [0.5, 0.6) is 0 Å². The van der Waals surface area contributed by atoms with Gasteiger partial charge in [0.25, 0.3) is 5.91 Å². The van der Waals surface area contributed by atoms with Crippen molar-refractivity contribution in [2.45, 2.75) is 63.3 Å². The third-order valence-corrected chi connectivity index (χ3v) is 5.53. The van der Waals surface area contributed by atoms with Crippen LogP contribution in [0.4, 0.5) is 18.9 Å². The summed E-state index contributed by atoms with van der Waals surface area (Å²) in [5, 5.41) is 3.20. The molecule has 0 bridgehead atoms. The van der Waals surface area contributed by atoms with Gasteiger partial charge in [0.15, 0.2) is 0 Å². The number of rotatable bonds is 9. The SMILES string of the molecule is NC(=O)/C(=C/NC1CCC(OCC2CC2)CC1)C(N)=Nc1ccc(CC(F)(F)F)cc1. The summed E-state index contributed by atoms with van der Waals surface area (Å²) in [7, 11) is 0. The van der Waals surface area contributed by atoms with Crippen molar-refractivity contribution < 1.29 is 22.7 Å². The Balaban J connectivity index is 1.55. The Morgan fingerprint density at radius 2 is 1.74 bits per heavy atom. The summed E-state index contributed by atoms with van der Waals surface area (Å²) in [5.74, 6) is -0.0751. The van der Waals surface area contributed by atoms with Crippen molar-refractivity contribution in [1.29, 1.82) is 0 Å². The van der Waals surface area contributed by atoms with E-state index in [0.717, 1.165) is 38.2 Å². The minimum Gasteiger partial charge on any atom is -0.387 e. The molecule has 1 aromatic carbocycles. The quantitative estimate of drug-likeness (QED) is 0.312. The molecule has 2 aliphatic rings. The van der Waals surface area contributed by atoms with E-state index in [1.54, 1.807) is 0 Å². The number of nitrogens with two attached hydrogens (primary N) is 2. The van der Waals surface area contributed by atoms with Gasteiger partial charge in [-0.2, -0.15) is 13.2 Å². The van der Waals surface area contributed by atoms with E-state index in [1.165, 1.54) is 43.3 Å². The minimum absolute atomic E-state index is 0.0338. The van der Waals surface area contributed by atoms with Crippen LogP contribution in [0.15, 0.2) is 41.0 Å². The van der Waals surface area contributed by atoms with Gasteiger partial charge in [-0.3, -0.25) is 4.79 Å². The van der Waals surface area contributed by atoms with E-state index in [1.807, 2.05) is 0 Å². The zero-order valence-corrected chi connectivity index (χ0v) is 17.3. The number of carbonyl (C=O) groups is 1. The average molecular weight is 438 g/mol. The number of ether oxygens (including phenoxy) is 1. The Morgan fingerprint density at radius 1 is 1.10 bits per heavy atom. The highest BCUT2D eigenvalue weighted by Gasteiger charge is 2.27. The number of halogens is 3. The number of hydrogen-bond donors (Lipinski definition) is 3. The van der Waals surface area contributed by atoms with Crippen molar-refractivity contribution in [2.75, 3.05) is 6.61 Å². The zero-order valence-electron chi connectivity index (χ0n) is 17.3. The van der Waals surface area contributed by atoms with Gasteiger partial charge in [-0.1, -0.05) is 12.1 Å². The van der Waals surface area contributed by atoms with Gasteiger partial charge in [-0.25, -0.2) is 4.99 Å². The van der Waals surface area contributed by atoms with Crippen LogP contribution in [0.1, 0.15) is 44.1 Å². The second-order valence-electron chi connectivity index (χ2n) is 8.29. The third-order valence-electron chi connectivity index (χ3n) is 5.53. The number of hydrogen-bond acceptors (Lipinski definition) is 4. The maximum Gasteiger partial charge on any atom is 0.393 e. The van der Waals surface area contributed by atoms with Gasteiger partial charge in [0.1, 0.15) is 5.84 Å². The number of carbonyl (C=O) groups excluding carboxylic acids is 1. The molecule has 1 aromatic rings. The van der Waals surface area contributed by atoms with E-state index in [2.05, 4.69) is 10.3 Å². The van der Waals surface area contributed by atoms with Crippen LogP contribution in [0.25, 0.3) is 0 Å². The molecule has 170 valence electrons. The van der Waals surface area contributed by atoms with Crippen LogP contribution in [0.3, 0.4) is 0 Å². The molecular formula is C22H29F3N4O2. The van der Waals surface area contributed by atoms with E-state index >= 15 is 0 Å². The molecular weight excluding hydrogens is 409 g/mol. The molecule has 0 heterocycles. The Morgan fingerprint density at radius 3 is 2.29 bits per heavy atom. The Bertz CT molecular complexity index is 809. The standard InChI is InChI=1S/C22H29F3N4O2/c23-22(24,25)11-14-3-5-17(6-4-14)29-20(26)19(21(27)30)12-28-16-7-9-18(10-8-16)31-13-15-1-2-15/h3-6,12,15-16,18,28H,1-2,7-11,13H2,(H2,26,29)(H2,27,30)/b19-12+. The molecule has 0 unspecified atom stereocenters. The zero-order chi connectivity index (χ0) is 22.4. The molecule has 3 rings (SSSR count). The van der Waals surface area contributed by atoms with E-state index < -0.39 is 18.5 Å². The van der Waals surface area contributed by atoms with Gasteiger partial charge in [0, 0.05) is 18.8 Å². The molecule has 6 nitrogen and oxygen atoms in total. The summed E-state index contributed by atoms with van der Waals surface area (Å²) in [4.78, 5) is 16.0. The molecule has 0 saturated heterocycles. The minimum atomic E-state index is -4.28. The number of amidine groups is 1. The lowest BCUT2D eigenvalue weighted by atomic mass is 9.93. The summed E-state index contributed by atoms with van der Waals surface area (Å²) in [5.41, 5.74) is 11.9. The molecule has 0 atom stereocenters. The maximum atomic E-state index is 12.5. The highest BCUT2D eigenvalue weighted by molar-refractivity contribution is 6.20. The molecule has 0 aromatic heterocycles. The number of aliphatic imine (C=N–C) groups is 1. The monoisotopic (exact) mass is 438 g/mol. The van der Waals surface area contributed by atoms with Crippen LogP contribution in [-0.4, -0.2) is 36.7 Å². The molecule has 2 aliphatic carbocycles. The lowest BCUT2D eigenvalue weighted by Gasteiger charge is -2.29. The molecule has 9 heteroatoms. The highest BCUT2D eigenvalue weighted by Crippen LogP contribution is 2.31. The fourth-order valence-electron chi connectivity index (χ4n) is 3.54. The summed E-state index contributed by atoms with van der Waals surface area (Å²) in [6.07, 6.45) is 2.77. The number of benzene rings is 1. The van der Waals surface area contributed by atoms with Crippen molar-refractivity contribution in [3.63, 3.8) is 0 Å². The van der Waals surface area contributed by atoms with E-state index in [4.69, 9.17) is 16.2 Å². The van der Waals surface area contributed by atoms with Crippen molar-refractivity contribution >= 4 is 17.4 Å². The van der Waals surface area contributed by atoms with Crippen LogP contribution in [-0.2, 0) is 16.0 Å². The van der Waals surface area contributed by atoms with Gasteiger partial charge >= 0.3 is 6.18 Å². The summed E-state index contributed by atoms with van der Waals surface area (Å²) >= 11 is 0. The van der Waals surface area contributed by atoms with Gasteiger partial charge in [-0.15, -0.1) is 0 Å². The number of primary amides is 1. The van der Waals surface area contributed by atoms with Crippen LogP contribution < -0.4 is 16.8 Å². The van der Waals surface area contributed by atoms with Gasteiger partial charge < -0.3 is 21.5 Å². The molecule has 2 fully saturated rings. The fraction of sp³-hybridized carbons (Fsp3) is 0.545. The first-order valence-electron chi connectivity index (χ1n) is 10.6. The number of alkyl halides is 3. The Labute approximate surface area is 179 Å². The topological polar surface area (TPSA) is 103 Å². The van der Waals surface area contributed by atoms with Crippen molar-refractivity contribution in [3.8, 4) is 0 Å². The lowest BCUT2D eigenvalue weighted by molar-refractivity contribution is -0.127. The molecule has 5 N–H and O–H groups in total. The van der Waals surface area contributed by atoms with E-state index in [-0.39, 0.29) is 23.0 Å².